The fourth-order valence-electron chi connectivity index (χ4n) is 3.41. The van der Waals surface area contributed by atoms with Crippen LogP contribution in [0.2, 0.25) is 0 Å². The molecule has 3 rings (SSSR count). The lowest BCUT2D eigenvalue weighted by molar-refractivity contribution is -0.133. The van der Waals surface area contributed by atoms with Crippen molar-refractivity contribution >= 4 is 5.91 Å². The van der Waals surface area contributed by atoms with Crippen molar-refractivity contribution in [3.05, 3.63) is 35.6 Å². The quantitative estimate of drug-likeness (QED) is 0.899. The summed E-state index contributed by atoms with van der Waals surface area (Å²) in [4.78, 5) is 14.5. The van der Waals surface area contributed by atoms with Crippen LogP contribution in [0.5, 0.6) is 0 Å². The third-order valence-electron chi connectivity index (χ3n) is 4.56. The van der Waals surface area contributed by atoms with Gasteiger partial charge in [-0.3, -0.25) is 4.79 Å². The fourth-order valence-corrected chi connectivity index (χ4v) is 3.41. The van der Waals surface area contributed by atoms with E-state index >= 15 is 0 Å². The summed E-state index contributed by atoms with van der Waals surface area (Å²) in [5.74, 6) is 0.360. The smallest absolute Gasteiger partial charge is 0.239 e. The van der Waals surface area contributed by atoms with E-state index in [1.807, 2.05) is 17.0 Å². The highest BCUT2D eigenvalue weighted by Crippen LogP contribution is 2.32. The topological polar surface area (TPSA) is 32.3 Å². The summed E-state index contributed by atoms with van der Waals surface area (Å²) in [5.41, 5.74) is 1.13. The molecule has 20 heavy (non-hydrogen) atoms. The van der Waals surface area contributed by atoms with Crippen molar-refractivity contribution in [1.29, 1.82) is 0 Å². The predicted octanol–water partition coefficient (Wildman–Crippen LogP) is 2.28. The Morgan fingerprint density at radius 2 is 2.10 bits per heavy atom. The maximum Gasteiger partial charge on any atom is 0.239 e. The third kappa shape index (κ3) is 2.57. The number of hydrogen-bond donors (Lipinski definition) is 1. The van der Waals surface area contributed by atoms with Gasteiger partial charge >= 0.3 is 0 Å². The molecule has 0 radical (unpaired) electrons. The van der Waals surface area contributed by atoms with Gasteiger partial charge in [0.1, 0.15) is 5.82 Å². The van der Waals surface area contributed by atoms with E-state index in [9.17, 15) is 9.18 Å². The number of likely N-dealkylation sites (tertiary alicyclic amines) is 1. The number of halogens is 1. The Morgan fingerprint density at radius 1 is 1.35 bits per heavy atom. The normalized spacial score (nSPS) is 29.9. The molecule has 2 aliphatic rings. The second-order valence-electron chi connectivity index (χ2n) is 5.97. The molecule has 0 aromatic heterocycles. The summed E-state index contributed by atoms with van der Waals surface area (Å²) in [6.07, 6.45) is 2.99. The van der Waals surface area contributed by atoms with Gasteiger partial charge in [0, 0.05) is 18.5 Å². The lowest BCUT2D eigenvalue weighted by Crippen LogP contribution is -2.45. The van der Waals surface area contributed by atoms with E-state index < -0.39 is 0 Å². The van der Waals surface area contributed by atoms with E-state index in [0.29, 0.717) is 5.92 Å². The van der Waals surface area contributed by atoms with E-state index in [1.54, 1.807) is 0 Å². The van der Waals surface area contributed by atoms with Crippen LogP contribution in [0.3, 0.4) is 0 Å². The van der Waals surface area contributed by atoms with Crippen LogP contribution >= 0.6 is 0 Å². The lowest BCUT2D eigenvalue weighted by atomic mass is 9.97. The van der Waals surface area contributed by atoms with E-state index in [1.165, 1.54) is 12.1 Å². The van der Waals surface area contributed by atoms with Crippen molar-refractivity contribution in [1.82, 2.24) is 10.2 Å². The number of amides is 1. The molecule has 0 bridgehead atoms. The first-order valence-corrected chi connectivity index (χ1v) is 7.44. The minimum Gasteiger partial charge on any atom is -0.338 e. The first-order chi connectivity index (χ1) is 9.65. The second-order valence-corrected chi connectivity index (χ2v) is 5.97. The van der Waals surface area contributed by atoms with Crippen LogP contribution in [-0.4, -0.2) is 36.0 Å². The Bertz CT molecular complexity index is 482. The lowest BCUT2D eigenvalue weighted by Gasteiger charge is -2.25. The van der Waals surface area contributed by atoms with Gasteiger partial charge < -0.3 is 10.2 Å². The summed E-state index contributed by atoms with van der Waals surface area (Å²) in [7, 11) is 0. The Kier molecular flexibility index (Phi) is 3.74. The van der Waals surface area contributed by atoms with Crippen LogP contribution in [0, 0.1) is 5.82 Å². The third-order valence-corrected chi connectivity index (χ3v) is 4.56. The van der Waals surface area contributed by atoms with Crippen molar-refractivity contribution in [3.63, 3.8) is 0 Å². The average Bonchev–Trinajstić information content (AvgIpc) is 3.08. The van der Waals surface area contributed by atoms with Gasteiger partial charge in [0.25, 0.3) is 0 Å². The molecule has 0 aliphatic carbocycles. The molecule has 1 aromatic carbocycles. The largest absolute Gasteiger partial charge is 0.338 e. The fraction of sp³-hybridized carbons (Fsp3) is 0.562. The summed E-state index contributed by atoms with van der Waals surface area (Å²) < 4.78 is 13.0. The van der Waals surface area contributed by atoms with Gasteiger partial charge in [0.15, 0.2) is 0 Å². The second kappa shape index (κ2) is 5.52. The van der Waals surface area contributed by atoms with E-state index in [0.717, 1.165) is 37.9 Å². The molecule has 1 amide bonds. The summed E-state index contributed by atoms with van der Waals surface area (Å²) in [6, 6.07) is 6.96. The number of carbonyl (C=O) groups excluding carboxylic acids is 1. The van der Waals surface area contributed by atoms with Gasteiger partial charge in [-0.25, -0.2) is 4.39 Å². The Hall–Kier alpha value is -1.42. The first-order valence-electron chi connectivity index (χ1n) is 7.44. The van der Waals surface area contributed by atoms with Crippen LogP contribution in [0.25, 0.3) is 0 Å². The van der Waals surface area contributed by atoms with Gasteiger partial charge in [-0.15, -0.1) is 0 Å². The molecule has 2 aliphatic heterocycles. The molecule has 0 saturated carbocycles. The number of rotatable bonds is 2. The molecule has 0 spiro atoms. The molecule has 2 fully saturated rings. The zero-order valence-corrected chi connectivity index (χ0v) is 11.8. The minimum atomic E-state index is -0.206. The van der Waals surface area contributed by atoms with Crippen LogP contribution in [0.4, 0.5) is 4.39 Å². The highest BCUT2D eigenvalue weighted by atomic mass is 19.1. The molecule has 108 valence electrons. The summed E-state index contributed by atoms with van der Waals surface area (Å²) in [5, 5.41) is 3.28. The Balaban J connectivity index is 1.69. The molecule has 2 saturated heterocycles. The molecule has 3 nitrogen and oxygen atoms in total. The van der Waals surface area contributed by atoms with E-state index in [2.05, 4.69) is 12.2 Å². The maximum absolute atomic E-state index is 13.0. The summed E-state index contributed by atoms with van der Waals surface area (Å²) >= 11 is 0. The van der Waals surface area contributed by atoms with Crippen molar-refractivity contribution in [2.45, 2.75) is 44.2 Å². The van der Waals surface area contributed by atoms with Crippen molar-refractivity contribution < 1.29 is 9.18 Å². The minimum absolute atomic E-state index is 0.00409. The summed E-state index contributed by atoms with van der Waals surface area (Å²) in [6.45, 7) is 3.81. The predicted molar refractivity (Wildman–Crippen MR) is 76.0 cm³/mol. The number of nitrogens with zero attached hydrogens (tertiary/aromatic N) is 1. The monoisotopic (exact) mass is 276 g/mol. The number of nitrogens with one attached hydrogen (secondary N) is 1. The molecule has 1 N–H and O–H groups in total. The first kappa shape index (κ1) is 13.6. The SMILES string of the molecule is C[C@@H]1C[C@@H](c2ccc(F)cc2)CN1C(=O)[C@H]1CCCN1. The highest BCUT2D eigenvalue weighted by Gasteiger charge is 2.36. The zero-order valence-electron chi connectivity index (χ0n) is 11.8. The molecule has 0 unspecified atom stereocenters. The highest BCUT2D eigenvalue weighted by molar-refractivity contribution is 5.82. The standard InChI is InChI=1S/C16H21FN2O/c1-11-9-13(12-4-6-14(17)7-5-12)10-19(11)16(20)15-3-2-8-18-15/h4-7,11,13,15,18H,2-3,8-10H2,1H3/t11-,13-,15-/m1/s1. The molecular formula is C16H21FN2O. The van der Waals surface area contributed by atoms with Gasteiger partial charge in [-0.05, 0) is 50.4 Å². The molecule has 3 atom stereocenters. The number of carbonyl (C=O) groups is 1. The van der Waals surface area contributed by atoms with Crippen LogP contribution < -0.4 is 5.32 Å². The van der Waals surface area contributed by atoms with Crippen molar-refractivity contribution in [3.8, 4) is 0 Å². The van der Waals surface area contributed by atoms with Gasteiger partial charge in [-0.2, -0.15) is 0 Å². The van der Waals surface area contributed by atoms with Crippen LogP contribution in [0.15, 0.2) is 24.3 Å². The van der Waals surface area contributed by atoms with Crippen LogP contribution in [-0.2, 0) is 4.79 Å². The number of hydrogen-bond acceptors (Lipinski definition) is 2. The van der Waals surface area contributed by atoms with Gasteiger partial charge in [-0.1, -0.05) is 12.1 Å². The number of benzene rings is 1. The molecule has 1 aromatic rings. The maximum atomic E-state index is 13.0. The van der Waals surface area contributed by atoms with Crippen LogP contribution in [0.1, 0.15) is 37.7 Å². The van der Waals surface area contributed by atoms with E-state index in [-0.39, 0.29) is 23.8 Å². The van der Waals surface area contributed by atoms with Crippen molar-refractivity contribution in [2.75, 3.05) is 13.1 Å². The Morgan fingerprint density at radius 3 is 2.75 bits per heavy atom. The van der Waals surface area contributed by atoms with E-state index in [4.69, 9.17) is 0 Å². The zero-order chi connectivity index (χ0) is 14.1. The van der Waals surface area contributed by atoms with Gasteiger partial charge in [0.05, 0.1) is 6.04 Å². The van der Waals surface area contributed by atoms with Crippen molar-refractivity contribution in [2.24, 2.45) is 0 Å². The average molecular weight is 276 g/mol. The molecular weight excluding hydrogens is 255 g/mol. The molecule has 4 heteroatoms. The molecule has 2 heterocycles. The Labute approximate surface area is 119 Å². The van der Waals surface area contributed by atoms with Gasteiger partial charge in [0.2, 0.25) is 5.91 Å².